The van der Waals surface area contributed by atoms with Crippen molar-refractivity contribution in [2.75, 3.05) is 37.7 Å². The first-order chi connectivity index (χ1) is 10.0. The van der Waals surface area contributed by atoms with Crippen molar-refractivity contribution in [2.24, 2.45) is 0 Å². The number of carbonyl (C=O) groups is 1. The molecule has 1 atom stereocenters. The quantitative estimate of drug-likeness (QED) is 0.928. The van der Waals surface area contributed by atoms with E-state index >= 15 is 0 Å². The maximum atomic E-state index is 14.1. The highest BCUT2D eigenvalue weighted by molar-refractivity contribution is 5.68. The third-order valence-corrected chi connectivity index (χ3v) is 3.60. The van der Waals surface area contributed by atoms with E-state index in [1.165, 1.54) is 6.07 Å². The van der Waals surface area contributed by atoms with Crippen molar-refractivity contribution in [1.29, 1.82) is 0 Å². The van der Waals surface area contributed by atoms with Crippen LogP contribution in [0.1, 0.15) is 25.5 Å². The molecule has 1 heterocycles. The monoisotopic (exact) mass is 296 g/mol. The van der Waals surface area contributed by atoms with Gasteiger partial charge in [-0.05, 0) is 31.5 Å². The number of rotatable bonds is 3. The van der Waals surface area contributed by atoms with Crippen LogP contribution in [0.2, 0.25) is 0 Å². The third-order valence-electron chi connectivity index (χ3n) is 3.60. The number of hydrogen-bond donors (Lipinski definition) is 1. The number of benzene rings is 1. The molecule has 1 aromatic rings. The van der Waals surface area contributed by atoms with E-state index < -0.39 is 6.10 Å². The summed E-state index contributed by atoms with van der Waals surface area (Å²) in [5.41, 5.74) is 1.06. The van der Waals surface area contributed by atoms with E-state index in [4.69, 9.17) is 4.74 Å². The zero-order valence-electron chi connectivity index (χ0n) is 12.4. The predicted octanol–water partition coefficient (Wildman–Crippen LogP) is 2.16. The lowest BCUT2D eigenvalue weighted by molar-refractivity contribution is 0.105. The van der Waals surface area contributed by atoms with Crippen molar-refractivity contribution in [3.05, 3.63) is 29.6 Å². The maximum Gasteiger partial charge on any atom is 0.409 e. The largest absolute Gasteiger partial charge is 0.450 e. The molecule has 21 heavy (non-hydrogen) atoms. The van der Waals surface area contributed by atoms with Crippen LogP contribution in [0.15, 0.2) is 18.2 Å². The molecule has 0 aromatic heterocycles. The molecule has 1 aromatic carbocycles. The van der Waals surface area contributed by atoms with Crippen molar-refractivity contribution in [3.63, 3.8) is 0 Å². The second-order valence-electron chi connectivity index (χ2n) is 5.06. The number of piperazine rings is 1. The molecule has 5 nitrogen and oxygen atoms in total. The lowest BCUT2D eigenvalue weighted by Gasteiger charge is -2.35. The fourth-order valence-corrected chi connectivity index (χ4v) is 2.38. The standard InChI is InChI=1S/C15H21FN2O3/c1-3-21-15(20)18-8-6-17(7-9-18)14-5-4-12(11(2)19)10-13(14)16/h4-5,10-11,19H,3,6-9H2,1-2H3/t11-/m0/s1. The van der Waals surface area contributed by atoms with Crippen molar-refractivity contribution in [2.45, 2.75) is 20.0 Å². The summed E-state index contributed by atoms with van der Waals surface area (Å²) in [5.74, 6) is -0.349. The van der Waals surface area contributed by atoms with E-state index in [0.717, 1.165) is 0 Å². The van der Waals surface area contributed by atoms with E-state index in [2.05, 4.69) is 0 Å². The molecule has 0 spiro atoms. The van der Waals surface area contributed by atoms with E-state index in [0.29, 0.717) is 44.0 Å². The van der Waals surface area contributed by atoms with E-state index in [-0.39, 0.29) is 11.9 Å². The van der Waals surface area contributed by atoms with Gasteiger partial charge in [-0.25, -0.2) is 9.18 Å². The van der Waals surface area contributed by atoms with Crippen LogP contribution in [0, 0.1) is 5.82 Å². The SMILES string of the molecule is CCOC(=O)N1CCN(c2ccc([C@H](C)O)cc2F)CC1. The van der Waals surface area contributed by atoms with Crippen LogP contribution in [0.25, 0.3) is 0 Å². The van der Waals surface area contributed by atoms with Gasteiger partial charge in [0.15, 0.2) is 0 Å². The zero-order valence-corrected chi connectivity index (χ0v) is 12.4. The second-order valence-corrected chi connectivity index (χ2v) is 5.06. The van der Waals surface area contributed by atoms with Gasteiger partial charge in [-0.2, -0.15) is 0 Å². The summed E-state index contributed by atoms with van der Waals surface area (Å²) in [7, 11) is 0. The molecule has 1 fully saturated rings. The van der Waals surface area contributed by atoms with Crippen LogP contribution in [0.3, 0.4) is 0 Å². The Balaban J connectivity index is 2.01. The molecule has 0 radical (unpaired) electrons. The van der Waals surface area contributed by atoms with Gasteiger partial charge in [-0.15, -0.1) is 0 Å². The van der Waals surface area contributed by atoms with Crippen molar-refractivity contribution in [3.8, 4) is 0 Å². The summed E-state index contributed by atoms with van der Waals surface area (Å²) in [4.78, 5) is 15.1. The number of hydrogen-bond acceptors (Lipinski definition) is 4. The first-order valence-corrected chi connectivity index (χ1v) is 7.17. The molecule has 2 rings (SSSR count). The summed E-state index contributed by atoms with van der Waals surface area (Å²) < 4.78 is 19.1. The molecule has 0 saturated carbocycles. The first kappa shape index (κ1) is 15.6. The van der Waals surface area contributed by atoms with Gasteiger partial charge in [0.05, 0.1) is 18.4 Å². The molecule has 116 valence electrons. The smallest absolute Gasteiger partial charge is 0.409 e. The highest BCUT2D eigenvalue weighted by Crippen LogP contribution is 2.24. The minimum Gasteiger partial charge on any atom is -0.450 e. The minimum absolute atomic E-state index is 0.318. The number of carbonyl (C=O) groups excluding carboxylic acids is 1. The van der Waals surface area contributed by atoms with Gasteiger partial charge in [0.25, 0.3) is 0 Å². The van der Waals surface area contributed by atoms with Crippen molar-refractivity contribution in [1.82, 2.24) is 4.90 Å². The van der Waals surface area contributed by atoms with Crippen LogP contribution < -0.4 is 4.90 Å². The number of amides is 1. The molecule has 1 aliphatic heterocycles. The second kappa shape index (κ2) is 6.76. The minimum atomic E-state index is -0.686. The Morgan fingerprint density at radius 3 is 2.57 bits per heavy atom. The highest BCUT2D eigenvalue weighted by atomic mass is 19.1. The van der Waals surface area contributed by atoms with Gasteiger partial charge in [-0.1, -0.05) is 6.07 Å². The van der Waals surface area contributed by atoms with Gasteiger partial charge < -0.3 is 19.6 Å². The average Bonchev–Trinajstić information content (AvgIpc) is 2.47. The molecule has 0 aliphatic carbocycles. The summed E-state index contributed by atoms with van der Waals surface area (Å²) >= 11 is 0. The van der Waals surface area contributed by atoms with Crippen molar-refractivity contribution >= 4 is 11.8 Å². The lowest BCUT2D eigenvalue weighted by atomic mass is 10.1. The zero-order chi connectivity index (χ0) is 15.4. The molecule has 0 unspecified atom stereocenters. The molecule has 1 saturated heterocycles. The van der Waals surface area contributed by atoms with Crippen LogP contribution in [0.5, 0.6) is 0 Å². The van der Waals surface area contributed by atoms with Gasteiger partial charge >= 0.3 is 6.09 Å². The van der Waals surface area contributed by atoms with E-state index in [1.807, 2.05) is 4.90 Å². The van der Waals surface area contributed by atoms with Crippen LogP contribution in [0.4, 0.5) is 14.9 Å². The average molecular weight is 296 g/mol. The predicted molar refractivity (Wildman–Crippen MR) is 77.8 cm³/mol. The fourth-order valence-electron chi connectivity index (χ4n) is 2.38. The van der Waals surface area contributed by atoms with Crippen LogP contribution >= 0.6 is 0 Å². The van der Waals surface area contributed by atoms with E-state index in [1.54, 1.807) is 30.9 Å². The number of anilines is 1. The Bertz CT molecular complexity index is 500. The third kappa shape index (κ3) is 3.64. The van der Waals surface area contributed by atoms with Gasteiger partial charge in [0.1, 0.15) is 5.82 Å². The van der Waals surface area contributed by atoms with Gasteiger partial charge in [0, 0.05) is 26.2 Å². The molecular weight excluding hydrogens is 275 g/mol. The number of nitrogens with zero attached hydrogens (tertiary/aromatic N) is 2. The fraction of sp³-hybridized carbons (Fsp3) is 0.533. The number of halogens is 1. The topological polar surface area (TPSA) is 53.0 Å². The molecule has 1 amide bonds. The number of ether oxygens (including phenoxy) is 1. The number of aliphatic hydroxyl groups excluding tert-OH is 1. The normalized spacial score (nSPS) is 16.8. The summed E-state index contributed by atoms with van der Waals surface area (Å²) in [6, 6.07) is 4.76. The Morgan fingerprint density at radius 2 is 2.05 bits per heavy atom. The van der Waals surface area contributed by atoms with Crippen molar-refractivity contribution < 1.29 is 19.0 Å². The van der Waals surface area contributed by atoms with Gasteiger partial charge in [-0.3, -0.25) is 0 Å². The first-order valence-electron chi connectivity index (χ1n) is 7.17. The molecule has 6 heteroatoms. The molecule has 1 N–H and O–H groups in total. The Morgan fingerprint density at radius 1 is 1.38 bits per heavy atom. The Hall–Kier alpha value is -1.82. The van der Waals surface area contributed by atoms with Crippen LogP contribution in [-0.2, 0) is 4.74 Å². The summed E-state index contributed by atoms with van der Waals surface area (Å²) in [6.45, 7) is 5.87. The molecule has 1 aliphatic rings. The molecular formula is C15H21FN2O3. The Kier molecular flexibility index (Phi) is 5.01. The van der Waals surface area contributed by atoms with Crippen LogP contribution in [-0.4, -0.2) is 48.9 Å². The number of aliphatic hydroxyl groups is 1. The molecule has 0 bridgehead atoms. The lowest BCUT2D eigenvalue weighted by Crippen LogP contribution is -2.49. The summed E-state index contributed by atoms with van der Waals surface area (Å²) in [6.07, 6.45) is -1.00. The Labute approximate surface area is 123 Å². The van der Waals surface area contributed by atoms with Gasteiger partial charge in [0.2, 0.25) is 0 Å². The summed E-state index contributed by atoms with van der Waals surface area (Å²) in [5, 5.41) is 9.46. The maximum absolute atomic E-state index is 14.1. The van der Waals surface area contributed by atoms with E-state index in [9.17, 15) is 14.3 Å². The highest BCUT2D eigenvalue weighted by Gasteiger charge is 2.23.